The summed E-state index contributed by atoms with van der Waals surface area (Å²) in [6.45, 7) is 0. The van der Waals surface area contributed by atoms with Gasteiger partial charge in [-0.2, -0.15) is 0 Å². The fourth-order valence-corrected chi connectivity index (χ4v) is 3.42. The Morgan fingerprint density at radius 2 is 1.71 bits per heavy atom. The second-order valence-electron chi connectivity index (χ2n) is 6.19. The normalized spacial score (nSPS) is 11.0. The molecule has 0 atom stereocenters. The van der Waals surface area contributed by atoms with Gasteiger partial charge in [0.1, 0.15) is 12.0 Å². The molecule has 0 spiro atoms. The summed E-state index contributed by atoms with van der Waals surface area (Å²) in [4.78, 5) is 17.8. The SMILES string of the molecule is Brc1ccc2ncnc(Oc3cc4cccnc4nc3-c3ccccc3)c2c1. The molecule has 0 aliphatic carbocycles. The number of pyridine rings is 2. The zero-order valence-electron chi connectivity index (χ0n) is 14.6. The Hall–Kier alpha value is -3.38. The highest BCUT2D eigenvalue weighted by Crippen LogP contribution is 2.36. The fourth-order valence-electron chi connectivity index (χ4n) is 3.06. The first-order valence-electron chi connectivity index (χ1n) is 8.67. The topological polar surface area (TPSA) is 60.8 Å². The molecule has 5 rings (SSSR count). The van der Waals surface area contributed by atoms with E-state index in [1.54, 1.807) is 6.20 Å². The summed E-state index contributed by atoms with van der Waals surface area (Å²) >= 11 is 3.50. The second kappa shape index (κ2) is 6.98. The Morgan fingerprint density at radius 1 is 0.821 bits per heavy atom. The number of nitrogens with zero attached hydrogens (tertiary/aromatic N) is 4. The van der Waals surface area contributed by atoms with E-state index < -0.39 is 0 Å². The number of hydrogen-bond donors (Lipinski definition) is 0. The Kier molecular flexibility index (Phi) is 4.18. The monoisotopic (exact) mass is 428 g/mol. The standard InChI is InChI=1S/C22H13BrN4O/c23-16-8-9-18-17(12-16)22(26-13-25-18)28-19-11-15-7-4-10-24-21(15)27-20(19)14-5-2-1-3-6-14/h1-13H. The molecule has 2 aromatic carbocycles. The van der Waals surface area contributed by atoms with Gasteiger partial charge in [0.05, 0.1) is 10.9 Å². The molecule has 0 radical (unpaired) electrons. The van der Waals surface area contributed by atoms with Crippen molar-refractivity contribution in [2.45, 2.75) is 0 Å². The minimum absolute atomic E-state index is 0.480. The summed E-state index contributed by atoms with van der Waals surface area (Å²) in [6.07, 6.45) is 3.24. The Labute approximate surface area is 169 Å². The van der Waals surface area contributed by atoms with Gasteiger partial charge in [0.2, 0.25) is 5.88 Å². The van der Waals surface area contributed by atoms with Gasteiger partial charge >= 0.3 is 0 Å². The van der Waals surface area contributed by atoms with Crippen LogP contribution >= 0.6 is 15.9 Å². The van der Waals surface area contributed by atoms with Gasteiger partial charge < -0.3 is 4.74 Å². The van der Waals surface area contributed by atoms with Crippen LogP contribution in [-0.2, 0) is 0 Å². The Bertz CT molecular complexity index is 1310. The molecule has 6 heteroatoms. The Morgan fingerprint density at radius 3 is 2.61 bits per heavy atom. The molecular weight excluding hydrogens is 416 g/mol. The van der Waals surface area contributed by atoms with Crippen molar-refractivity contribution in [3.8, 4) is 22.9 Å². The maximum absolute atomic E-state index is 6.28. The summed E-state index contributed by atoms with van der Waals surface area (Å²) in [5.74, 6) is 1.10. The third-order valence-electron chi connectivity index (χ3n) is 4.37. The molecule has 5 nitrogen and oxygen atoms in total. The molecule has 28 heavy (non-hydrogen) atoms. The number of benzene rings is 2. The zero-order chi connectivity index (χ0) is 18.9. The fraction of sp³-hybridized carbons (Fsp3) is 0. The summed E-state index contributed by atoms with van der Waals surface area (Å²) in [7, 11) is 0. The van der Waals surface area contributed by atoms with Gasteiger partial charge in [0.15, 0.2) is 11.4 Å². The van der Waals surface area contributed by atoms with Crippen molar-refractivity contribution in [1.29, 1.82) is 0 Å². The summed E-state index contributed by atoms with van der Waals surface area (Å²) in [5, 5.41) is 1.72. The van der Waals surface area contributed by atoms with E-state index in [-0.39, 0.29) is 0 Å². The molecule has 0 saturated carbocycles. The number of ether oxygens (including phenoxy) is 1. The predicted octanol–water partition coefficient (Wildman–Crippen LogP) is 5.79. The molecule has 0 bridgehead atoms. The average molecular weight is 429 g/mol. The van der Waals surface area contributed by atoms with E-state index in [2.05, 4.69) is 30.9 Å². The lowest BCUT2D eigenvalue weighted by Gasteiger charge is -2.12. The number of aromatic nitrogens is 4. The number of rotatable bonds is 3. The molecule has 134 valence electrons. The Balaban J connectivity index is 1.71. The number of hydrogen-bond acceptors (Lipinski definition) is 5. The highest BCUT2D eigenvalue weighted by atomic mass is 79.9. The smallest absolute Gasteiger partial charge is 0.230 e. The van der Waals surface area contributed by atoms with Crippen LogP contribution in [0.4, 0.5) is 0 Å². The highest BCUT2D eigenvalue weighted by molar-refractivity contribution is 9.10. The van der Waals surface area contributed by atoms with Crippen LogP contribution in [0, 0.1) is 0 Å². The van der Waals surface area contributed by atoms with Crippen molar-refractivity contribution in [3.05, 3.63) is 83.7 Å². The number of halogens is 1. The minimum Gasteiger partial charge on any atom is -0.436 e. The van der Waals surface area contributed by atoms with Gasteiger partial charge in [-0.3, -0.25) is 0 Å². The highest BCUT2D eigenvalue weighted by Gasteiger charge is 2.14. The molecule has 3 heterocycles. The third-order valence-corrected chi connectivity index (χ3v) is 4.86. The third kappa shape index (κ3) is 3.08. The molecule has 0 fully saturated rings. The molecule has 3 aromatic heterocycles. The summed E-state index contributed by atoms with van der Waals surface area (Å²) in [6, 6.07) is 21.5. The first-order valence-corrected chi connectivity index (χ1v) is 9.46. The van der Waals surface area contributed by atoms with E-state index in [0.717, 1.165) is 26.3 Å². The van der Waals surface area contributed by atoms with Crippen LogP contribution in [0.15, 0.2) is 83.7 Å². The van der Waals surface area contributed by atoms with Gasteiger partial charge in [0, 0.05) is 21.6 Å². The molecule has 0 saturated heterocycles. The molecule has 0 amide bonds. The van der Waals surface area contributed by atoms with Crippen molar-refractivity contribution in [2.24, 2.45) is 0 Å². The van der Waals surface area contributed by atoms with E-state index in [1.807, 2.05) is 66.7 Å². The first-order chi connectivity index (χ1) is 13.8. The van der Waals surface area contributed by atoms with Crippen molar-refractivity contribution in [1.82, 2.24) is 19.9 Å². The van der Waals surface area contributed by atoms with Crippen molar-refractivity contribution < 1.29 is 4.74 Å². The van der Waals surface area contributed by atoms with Gasteiger partial charge in [-0.05, 0) is 36.4 Å². The van der Waals surface area contributed by atoms with Crippen LogP contribution in [-0.4, -0.2) is 19.9 Å². The van der Waals surface area contributed by atoms with Crippen LogP contribution < -0.4 is 4.74 Å². The molecule has 0 unspecified atom stereocenters. The first kappa shape index (κ1) is 16.8. The lowest BCUT2D eigenvalue weighted by atomic mass is 10.1. The van der Waals surface area contributed by atoms with Crippen LogP contribution in [0.1, 0.15) is 0 Å². The van der Waals surface area contributed by atoms with E-state index in [4.69, 9.17) is 9.72 Å². The van der Waals surface area contributed by atoms with Crippen molar-refractivity contribution >= 4 is 37.9 Å². The van der Waals surface area contributed by atoms with E-state index in [1.165, 1.54) is 6.33 Å². The molecule has 0 aliphatic heterocycles. The van der Waals surface area contributed by atoms with Crippen LogP contribution in [0.2, 0.25) is 0 Å². The van der Waals surface area contributed by atoms with Gasteiger partial charge in [0.25, 0.3) is 0 Å². The average Bonchev–Trinajstić information content (AvgIpc) is 2.74. The van der Waals surface area contributed by atoms with E-state index in [9.17, 15) is 0 Å². The molecule has 5 aromatic rings. The quantitative estimate of drug-likeness (QED) is 0.363. The lowest BCUT2D eigenvalue weighted by molar-refractivity contribution is 0.469. The summed E-state index contributed by atoms with van der Waals surface area (Å²) in [5.41, 5.74) is 3.15. The maximum Gasteiger partial charge on any atom is 0.230 e. The minimum atomic E-state index is 0.480. The predicted molar refractivity (Wildman–Crippen MR) is 112 cm³/mol. The van der Waals surface area contributed by atoms with Gasteiger partial charge in [-0.25, -0.2) is 19.9 Å². The molecule has 0 N–H and O–H groups in total. The lowest BCUT2D eigenvalue weighted by Crippen LogP contribution is -1.96. The molecule has 0 aliphatic rings. The maximum atomic E-state index is 6.28. The van der Waals surface area contributed by atoms with Crippen molar-refractivity contribution in [2.75, 3.05) is 0 Å². The van der Waals surface area contributed by atoms with Crippen LogP contribution in [0.3, 0.4) is 0 Å². The number of fused-ring (bicyclic) bond motifs is 2. The molecular formula is C22H13BrN4O. The summed E-state index contributed by atoms with van der Waals surface area (Å²) < 4.78 is 7.21. The van der Waals surface area contributed by atoms with Gasteiger partial charge in [-0.1, -0.05) is 46.3 Å². The van der Waals surface area contributed by atoms with E-state index in [0.29, 0.717) is 23.0 Å². The zero-order valence-corrected chi connectivity index (χ0v) is 16.2. The van der Waals surface area contributed by atoms with Crippen LogP contribution in [0.5, 0.6) is 11.6 Å². The largest absolute Gasteiger partial charge is 0.436 e. The van der Waals surface area contributed by atoms with Crippen molar-refractivity contribution in [3.63, 3.8) is 0 Å². The van der Waals surface area contributed by atoms with E-state index >= 15 is 0 Å². The van der Waals surface area contributed by atoms with Crippen LogP contribution in [0.25, 0.3) is 33.2 Å². The van der Waals surface area contributed by atoms with Gasteiger partial charge in [-0.15, -0.1) is 0 Å². The second-order valence-corrected chi connectivity index (χ2v) is 7.11.